The molecule has 0 radical (unpaired) electrons. The molecule has 8 heteroatoms. The maximum atomic E-state index is 12.1. The Kier molecular flexibility index (Phi) is 3.06. The Labute approximate surface area is 110 Å². The lowest BCUT2D eigenvalue weighted by Gasteiger charge is -2.13. The summed E-state index contributed by atoms with van der Waals surface area (Å²) in [5.74, 6) is -0.174. The normalized spacial score (nSPS) is 24.9. The van der Waals surface area contributed by atoms with Gasteiger partial charge in [0.1, 0.15) is 0 Å². The number of fused-ring (bicyclic) bond motifs is 1. The number of sulfone groups is 1. The number of amides is 1. The van der Waals surface area contributed by atoms with Crippen LogP contribution in [0.3, 0.4) is 0 Å². The van der Waals surface area contributed by atoms with Crippen LogP contribution in [-0.2, 0) is 27.6 Å². The molecule has 19 heavy (non-hydrogen) atoms. The van der Waals surface area contributed by atoms with Gasteiger partial charge in [-0.15, -0.1) is 0 Å². The van der Waals surface area contributed by atoms with Crippen molar-refractivity contribution < 1.29 is 17.9 Å². The first-order valence-electron chi connectivity index (χ1n) is 6.20. The number of nitrogens with zero attached hydrogens (tertiary/aromatic N) is 1. The van der Waals surface area contributed by atoms with E-state index in [-0.39, 0.29) is 23.5 Å². The van der Waals surface area contributed by atoms with Crippen LogP contribution in [0.1, 0.15) is 28.2 Å². The van der Waals surface area contributed by atoms with Gasteiger partial charge >= 0.3 is 0 Å². The number of H-pyrrole nitrogens is 1. The van der Waals surface area contributed by atoms with Crippen LogP contribution in [0.4, 0.5) is 0 Å². The predicted octanol–water partition coefficient (Wildman–Crippen LogP) is -0.601. The quantitative estimate of drug-likeness (QED) is 0.755. The van der Waals surface area contributed by atoms with Crippen LogP contribution in [0.2, 0.25) is 0 Å². The molecule has 1 atom stereocenters. The fourth-order valence-electron chi connectivity index (χ4n) is 2.46. The minimum Gasteiger partial charge on any atom is -0.376 e. The number of nitrogens with one attached hydrogen (secondary N) is 2. The van der Waals surface area contributed by atoms with E-state index in [2.05, 4.69) is 15.5 Å². The van der Waals surface area contributed by atoms with E-state index in [1.54, 1.807) is 0 Å². The van der Waals surface area contributed by atoms with E-state index in [0.29, 0.717) is 31.7 Å². The Morgan fingerprint density at radius 3 is 3.05 bits per heavy atom. The lowest BCUT2D eigenvalue weighted by Crippen LogP contribution is -2.36. The number of aromatic amines is 1. The Morgan fingerprint density at radius 1 is 1.47 bits per heavy atom. The van der Waals surface area contributed by atoms with Crippen LogP contribution in [0.25, 0.3) is 0 Å². The summed E-state index contributed by atoms with van der Waals surface area (Å²) < 4.78 is 28.0. The van der Waals surface area contributed by atoms with Crippen LogP contribution >= 0.6 is 0 Å². The standard InChI is InChI=1S/C11H15N3O4S/c15-11(12-7-2-4-19(16,17)6-7)10-8-5-18-3-1-9(8)13-14-10/h7H,1-6H2,(H,12,15)(H,13,14). The van der Waals surface area contributed by atoms with Gasteiger partial charge < -0.3 is 10.1 Å². The second kappa shape index (κ2) is 4.61. The zero-order valence-electron chi connectivity index (χ0n) is 10.3. The monoisotopic (exact) mass is 285 g/mol. The van der Waals surface area contributed by atoms with Gasteiger partial charge in [-0.05, 0) is 6.42 Å². The summed E-state index contributed by atoms with van der Waals surface area (Å²) in [7, 11) is -2.99. The fraction of sp³-hybridized carbons (Fsp3) is 0.636. The molecule has 1 aromatic rings. The second-order valence-corrected chi connectivity index (χ2v) is 7.13. The molecule has 3 rings (SSSR count). The molecule has 0 spiro atoms. The van der Waals surface area contributed by atoms with Gasteiger partial charge in [-0.25, -0.2) is 8.42 Å². The number of aromatic nitrogens is 2. The Bertz CT molecular complexity index is 607. The van der Waals surface area contributed by atoms with E-state index in [9.17, 15) is 13.2 Å². The van der Waals surface area contributed by atoms with E-state index >= 15 is 0 Å². The third kappa shape index (κ3) is 2.50. The summed E-state index contributed by atoms with van der Waals surface area (Å²) in [6, 6.07) is -0.311. The highest BCUT2D eigenvalue weighted by Crippen LogP contribution is 2.19. The van der Waals surface area contributed by atoms with Crippen LogP contribution in [0, 0.1) is 0 Å². The Morgan fingerprint density at radius 2 is 2.32 bits per heavy atom. The number of hydrogen-bond acceptors (Lipinski definition) is 5. The lowest BCUT2D eigenvalue weighted by molar-refractivity contribution is 0.0913. The van der Waals surface area contributed by atoms with Gasteiger partial charge in [0.25, 0.3) is 5.91 Å². The molecule has 0 saturated carbocycles. The van der Waals surface area contributed by atoms with Crippen molar-refractivity contribution in [3.8, 4) is 0 Å². The van der Waals surface area contributed by atoms with Gasteiger partial charge in [-0.2, -0.15) is 5.10 Å². The van der Waals surface area contributed by atoms with Gasteiger partial charge in [0.15, 0.2) is 15.5 Å². The molecule has 2 aliphatic rings. The van der Waals surface area contributed by atoms with Crippen molar-refractivity contribution in [3.05, 3.63) is 17.0 Å². The maximum absolute atomic E-state index is 12.1. The van der Waals surface area contributed by atoms with E-state index < -0.39 is 9.84 Å². The third-order valence-corrected chi connectivity index (χ3v) is 5.25. The molecule has 0 aromatic carbocycles. The van der Waals surface area contributed by atoms with Crippen LogP contribution in [0.5, 0.6) is 0 Å². The Hall–Kier alpha value is -1.41. The zero-order valence-corrected chi connectivity index (χ0v) is 11.1. The van der Waals surface area contributed by atoms with Gasteiger partial charge in [-0.1, -0.05) is 0 Å². The van der Waals surface area contributed by atoms with E-state index in [0.717, 1.165) is 11.3 Å². The van der Waals surface area contributed by atoms with Crippen LogP contribution in [0.15, 0.2) is 0 Å². The number of carbonyl (C=O) groups excluding carboxylic acids is 1. The van der Waals surface area contributed by atoms with Crippen molar-refractivity contribution >= 4 is 15.7 Å². The zero-order chi connectivity index (χ0) is 13.5. The largest absolute Gasteiger partial charge is 0.376 e. The first-order chi connectivity index (χ1) is 9.05. The SMILES string of the molecule is O=C(NC1CCS(=O)(=O)C1)c1n[nH]c2c1COCC2. The average Bonchev–Trinajstić information content (AvgIpc) is 2.92. The molecule has 0 bridgehead atoms. The van der Waals surface area contributed by atoms with Crippen molar-refractivity contribution in [2.45, 2.75) is 25.5 Å². The highest BCUT2D eigenvalue weighted by Gasteiger charge is 2.31. The van der Waals surface area contributed by atoms with E-state index in [1.807, 2.05) is 0 Å². The van der Waals surface area contributed by atoms with Gasteiger partial charge in [0.05, 0.1) is 24.7 Å². The first kappa shape index (κ1) is 12.6. The smallest absolute Gasteiger partial charge is 0.272 e. The fourth-order valence-corrected chi connectivity index (χ4v) is 4.14. The summed E-state index contributed by atoms with van der Waals surface area (Å²) in [5.41, 5.74) is 2.03. The molecular weight excluding hydrogens is 270 g/mol. The minimum absolute atomic E-state index is 0.0157. The molecule has 1 unspecified atom stereocenters. The van der Waals surface area contributed by atoms with E-state index in [1.165, 1.54) is 0 Å². The molecule has 0 aliphatic carbocycles. The highest BCUT2D eigenvalue weighted by atomic mass is 32.2. The summed E-state index contributed by atoms with van der Waals surface area (Å²) in [6.07, 6.45) is 1.19. The van der Waals surface area contributed by atoms with Crippen molar-refractivity contribution in [2.75, 3.05) is 18.1 Å². The Balaban J connectivity index is 1.73. The van der Waals surface area contributed by atoms with Gasteiger partial charge in [0, 0.05) is 23.7 Å². The molecule has 104 valence electrons. The number of rotatable bonds is 2. The number of carbonyl (C=O) groups is 1. The van der Waals surface area contributed by atoms with Gasteiger partial charge in [-0.3, -0.25) is 9.89 Å². The summed E-state index contributed by atoms with van der Waals surface area (Å²) >= 11 is 0. The molecular formula is C11H15N3O4S. The molecule has 7 nitrogen and oxygen atoms in total. The maximum Gasteiger partial charge on any atom is 0.272 e. The first-order valence-corrected chi connectivity index (χ1v) is 8.02. The van der Waals surface area contributed by atoms with Crippen LogP contribution < -0.4 is 5.32 Å². The molecule has 1 saturated heterocycles. The highest BCUT2D eigenvalue weighted by molar-refractivity contribution is 7.91. The summed E-state index contributed by atoms with van der Waals surface area (Å²) in [5, 5.41) is 9.58. The van der Waals surface area contributed by atoms with E-state index in [4.69, 9.17) is 4.74 Å². The number of hydrogen-bond donors (Lipinski definition) is 2. The lowest BCUT2D eigenvalue weighted by atomic mass is 10.1. The third-order valence-electron chi connectivity index (χ3n) is 3.48. The topological polar surface area (TPSA) is 101 Å². The molecule has 3 heterocycles. The average molecular weight is 285 g/mol. The minimum atomic E-state index is -2.99. The molecule has 1 fully saturated rings. The number of ether oxygens (including phenoxy) is 1. The van der Waals surface area contributed by atoms with Crippen LogP contribution in [-0.4, -0.2) is 48.7 Å². The summed E-state index contributed by atoms with van der Waals surface area (Å²) in [4.78, 5) is 12.1. The van der Waals surface area contributed by atoms with Gasteiger partial charge in [0.2, 0.25) is 0 Å². The predicted molar refractivity (Wildman–Crippen MR) is 66.5 cm³/mol. The molecule has 1 amide bonds. The second-order valence-electron chi connectivity index (χ2n) is 4.91. The molecule has 2 aliphatic heterocycles. The van der Waals surface area contributed by atoms with Crippen molar-refractivity contribution in [1.82, 2.24) is 15.5 Å². The van der Waals surface area contributed by atoms with Crippen molar-refractivity contribution in [1.29, 1.82) is 0 Å². The molecule has 2 N–H and O–H groups in total. The summed E-state index contributed by atoms with van der Waals surface area (Å²) in [6.45, 7) is 0.995. The van der Waals surface area contributed by atoms with Crippen molar-refractivity contribution in [3.63, 3.8) is 0 Å². The molecule has 1 aromatic heterocycles. The van der Waals surface area contributed by atoms with Crippen molar-refractivity contribution in [2.24, 2.45) is 0 Å².